The fourth-order valence-electron chi connectivity index (χ4n) is 3.65. The molecule has 6 nitrogen and oxygen atoms in total. The number of amides is 2. The molecule has 0 aliphatic heterocycles. The van der Waals surface area contributed by atoms with Crippen molar-refractivity contribution in [3.8, 4) is 5.75 Å². The zero-order valence-corrected chi connectivity index (χ0v) is 22.1. The first-order valence-corrected chi connectivity index (χ1v) is 12.5. The highest BCUT2D eigenvalue weighted by atomic mass is 35.5. The molecule has 2 N–H and O–H groups in total. The standard InChI is InChI=1S/C32H24ClFN2O4/c1-40-25-16-10-21(11-17-25)20-29(36-31(38)23-6-3-2-4-7-23)32(39)35-24-14-12-22(13-15-24)30(37)19-18-26-27(33)8-5-9-28(26)34/h2-20H,1H3,(H,35,39)(H,36,38)/b19-18+,29-20-. The average molecular weight is 555 g/mol. The third-order valence-electron chi connectivity index (χ3n) is 5.78. The second kappa shape index (κ2) is 13.2. The predicted molar refractivity (Wildman–Crippen MR) is 155 cm³/mol. The molecule has 0 aliphatic rings. The first kappa shape index (κ1) is 28.0. The topological polar surface area (TPSA) is 84.5 Å². The van der Waals surface area contributed by atoms with Gasteiger partial charge < -0.3 is 15.4 Å². The van der Waals surface area contributed by atoms with Gasteiger partial charge in [0.25, 0.3) is 11.8 Å². The van der Waals surface area contributed by atoms with Gasteiger partial charge in [-0.15, -0.1) is 0 Å². The Morgan fingerprint density at radius 3 is 2.17 bits per heavy atom. The lowest BCUT2D eigenvalue weighted by atomic mass is 10.1. The molecule has 40 heavy (non-hydrogen) atoms. The first-order valence-electron chi connectivity index (χ1n) is 12.1. The van der Waals surface area contributed by atoms with Crippen molar-refractivity contribution in [3.63, 3.8) is 0 Å². The molecule has 4 aromatic carbocycles. The summed E-state index contributed by atoms with van der Waals surface area (Å²) in [6.45, 7) is 0. The van der Waals surface area contributed by atoms with E-state index in [1.54, 1.807) is 79.9 Å². The summed E-state index contributed by atoms with van der Waals surface area (Å²) in [7, 11) is 1.55. The van der Waals surface area contributed by atoms with Gasteiger partial charge in [0.15, 0.2) is 5.78 Å². The Hall–Kier alpha value is -5.01. The quantitative estimate of drug-likeness (QED) is 0.176. The molecule has 0 heterocycles. The normalized spacial score (nSPS) is 11.2. The molecule has 200 valence electrons. The van der Waals surface area contributed by atoms with Gasteiger partial charge in [-0.05, 0) is 84.5 Å². The van der Waals surface area contributed by atoms with Crippen molar-refractivity contribution in [2.45, 2.75) is 0 Å². The Labute approximate surface area is 235 Å². The minimum absolute atomic E-state index is 0.0175. The molecule has 0 aliphatic carbocycles. The molecular formula is C32H24ClFN2O4. The highest BCUT2D eigenvalue weighted by molar-refractivity contribution is 6.32. The van der Waals surface area contributed by atoms with E-state index >= 15 is 0 Å². The smallest absolute Gasteiger partial charge is 0.272 e. The Morgan fingerprint density at radius 1 is 0.825 bits per heavy atom. The fraction of sp³-hybridized carbons (Fsp3) is 0.0312. The van der Waals surface area contributed by atoms with Crippen LogP contribution in [0.25, 0.3) is 12.2 Å². The van der Waals surface area contributed by atoms with E-state index < -0.39 is 17.6 Å². The predicted octanol–water partition coefficient (Wildman–Crippen LogP) is 6.79. The molecule has 2 amide bonds. The molecule has 4 aromatic rings. The summed E-state index contributed by atoms with van der Waals surface area (Å²) in [5.41, 5.74) is 1.93. The van der Waals surface area contributed by atoms with E-state index in [0.717, 1.165) is 0 Å². The van der Waals surface area contributed by atoms with Crippen molar-refractivity contribution in [2.75, 3.05) is 12.4 Å². The minimum atomic E-state index is -0.562. The van der Waals surface area contributed by atoms with E-state index in [-0.39, 0.29) is 22.1 Å². The van der Waals surface area contributed by atoms with E-state index in [1.165, 1.54) is 42.5 Å². The molecular weight excluding hydrogens is 531 g/mol. The summed E-state index contributed by atoms with van der Waals surface area (Å²) in [5, 5.41) is 5.61. The zero-order valence-electron chi connectivity index (χ0n) is 21.4. The zero-order chi connectivity index (χ0) is 28.5. The van der Waals surface area contributed by atoms with Gasteiger partial charge in [-0.25, -0.2) is 4.39 Å². The van der Waals surface area contributed by atoms with Crippen LogP contribution in [-0.2, 0) is 4.79 Å². The molecule has 0 saturated carbocycles. The van der Waals surface area contributed by atoms with Gasteiger partial charge in [0.1, 0.15) is 17.3 Å². The van der Waals surface area contributed by atoms with Crippen LogP contribution >= 0.6 is 11.6 Å². The molecule has 0 spiro atoms. The van der Waals surface area contributed by atoms with Crippen LogP contribution < -0.4 is 15.4 Å². The van der Waals surface area contributed by atoms with E-state index in [1.807, 2.05) is 0 Å². The number of rotatable bonds is 9. The van der Waals surface area contributed by atoms with Crippen molar-refractivity contribution in [2.24, 2.45) is 0 Å². The van der Waals surface area contributed by atoms with Gasteiger partial charge in [0.05, 0.1) is 12.1 Å². The number of allylic oxidation sites excluding steroid dienone is 1. The number of hydrogen-bond acceptors (Lipinski definition) is 4. The number of benzene rings is 4. The van der Waals surface area contributed by atoms with Gasteiger partial charge in [-0.1, -0.05) is 48.0 Å². The van der Waals surface area contributed by atoms with E-state index in [9.17, 15) is 18.8 Å². The molecule has 0 unspecified atom stereocenters. The number of hydrogen-bond donors (Lipinski definition) is 2. The van der Waals surface area contributed by atoms with E-state index in [4.69, 9.17) is 16.3 Å². The lowest BCUT2D eigenvalue weighted by Gasteiger charge is -2.12. The largest absolute Gasteiger partial charge is 0.497 e. The average Bonchev–Trinajstić information content (AvgIpc) is 2.97. The maximum Gasteiger partial charge on any atom is 0.272 e. The maximum atomic E-state index is 14.0. The Bertz CT molecular complexity index is 1560. The first-order chi connectivity index (χ1) is 19.3. The van der Waals surface area contributed by atoms with Crippen molar-refractivity contribution in [1.29, 1.82) is 0 Å². The van der Waals surface area contributed by atoms with Crippen LogP contribution in [-0.4, -0.2) is 24.7 Å². The van der Waals surface area contributed by atoms with E-state index in [2.05, 4.69) is 10.6 Å². The lowest BCUT2D eigenvalue weighted by Crippen LogP contribution is -2.30. The summed E-state index contributed by atoms with van der Waals surface area (Å²) in [6.07, 6.45) is 4.10. The Balaban J connectivity index is 1.50. The molecule has 0 bridgehead atoms. The summed E-state index contributed by atoms with van der Waals surface area (Å²) in [4.78, 5) is 38.6. The molecule has 0 radical (unpaired) electrons. The fourth-order valence-corrected chi connectivity index (χ4v) is 3.88. The van der Waals surface area contributed by atoms with Crippen LogP contribution in [0.4, 0.5) is 10.1 Å². The second-order valence-electron chi connectivity index (χ2n) is 8.52. The number of anilines is 1. The molecule has 0 aromatic heterocycles. The number of ketones is 1. The van der Waals surface area contributed by atoms with E-state index in [0.29, 0.717) is 28.1 Å². The maximum absolute atomic E-state index is 14.0. The van der Waals surface area contributed by atoms with Gasteiger partial charge in [-0.3, -0.25) is 14.4 Å². The van der Waals surface area contributed by atoms with Crippen molar-refractivity contribution in [1.82, 2.24) is 5.32 Å². The van der Waals surface area contributed by atoms with Crippen LogP contribution in [0.1, 0.15) is 31.8 Å². The van der Waals surface area contributed by atoms with Crippen molar-refractivity contribution in [3.05, 3.63) is 142 Å². The SMILES string of the molecule is COc1ccc(/C=C(\NC(=O)c2ccccc2)C(=O)Nc2ccc(C(=O)/C=C/c3c(F)cccc3Cl)cc2)cc1. The third kappa shape index (κ3) is 7.30. The summed E-state index contributed by atoms with van der Waals surface area (Å²) >= 11 is 6.01. The van der Waals surface area contributed by atoms with Gasteiger partial charge in [0.2, 0.25) is 0 Å². The van der Waals surface area contributed by atoms with Crippen LogP contribution in [0.2, 0.25) is 5.02 Å². The second-order valence-corrected chi connectivity index (χ2v) is 8.92. The van der Waals surface area contributed by atoms with Crippen molar-refractivity contribution >= 4 is 47.0 Å². The summed E-state index contributed by atoms with van der Waals surface area (Å²) < 4.78 is 19.1. The summed E-state index contributed by atoms with van der Waals surface area (Å²) in [5.74, 6) is -1.26. The van der Waals surface area contributed by atoms with Gasteiger partial charge in [-0.2, -0.15) is 0 Å². The van der Waals surface area contributed by atoms with Crippen LogP contribution in [0.5, 0.6) is 5.75 Å². The van der Waals surface area contributed by atoms with Crippen LogP contribution in [0.15, 0.2) is 109 Å². The molecule has 0 fully saturated rings. The highest BCUT2D eigenvalue weighted by Crippen LogP contribution is 2.21. The highest BCUT2D eigenvalue weighted by Gasteiger charge is 2.15. The monoisotopic (exact) mass is 554 g/mol. The number of halogens is 2. The number of nitrogens with one attached hydrogen (secondary N) is 2. The number of ether oxygens (including phenoxy) is 1. The Kier molecular flexibility index (Phi) is 9.23. The Morgan fingerprint density at radius 2 is 1.52 bits per heavy atom. The van der Waals surface area contributed by atoms with Crippen molar-refractivity contribution < 1.29 is 23.5 Å². The summed E-state index contributed by atoms with van der Waals surface area (Å²) in [6, 6.07) is 26.0. The third-order valence-corrected chi connectivity index (χ3v) is 6.11. The number of carbonyl (C=O) groups excluding carboxylic acids is 3. The van der Waals surface area contributed by atoms with Gasteiger partial charge >= 0.3 is 0 Å². The number of carbonyl (C=O) groups is 3. The molecule has 4 rings (SSSR count). The molecule has 0 saturated heterocycles. The minimum Gasteiger partial charge on any atom is -0.497 e. The lowest BCUT2D eigenvalue weighted by molar-refractivity contribution is -0.113. The van der Waals surface area contributed by atoms with Crippen LogP contribution in [0.3, 0.4) is 0 Å². The van der Waals surface area contributed by atoms with Crippen LogP contribution in [0, 0.1) is 5.82 Å². The molecule has 8 heteroatoms. The number of methoxy groups -OCH3 is 1. The molecule has 0 atom stereocenters. The van der Waals surface area contributed by atoms with Gasteiger partial charge in [0, 0.05) is 22.4 Å².